The lowest BCUT2D eigenvalue weighted by molar-refractivity contribution is 0.321. The molecule has 0 aliphatic carbocycles. The van der Waals surface area contributed by atoms with Crippen LogP contribution in [-0.4, -0.2) is 44.9 Å². The quantitative estimate of drug-likeness (QED) is 0.747. The predicted molar refractivity (Wildman–Crippen MR) is 101 cm³/mol. The second-order valence-corrected chi connectivity index (χ2v) is 7.45. The summed E-state index contributed by atoms with van der Waals surface area (Å²) in [7, 11) is -3.83. The molecule has 6 nitrogen and oxygen atoms in total. The number of ether oxygens (including phenoxy) is 2. The number of rotatable bonds is 7. The Kier molecular flexibility index (Phi) is 5.46. The Balaban J connectivity index is 2.04. The van der Waals surface area contributed by atoms with Crippen molar-refractivity contribution in [1.82, 2.24) is 4.31 Å². The Labute approximate surface area is 154 Å². The third-order valence-corrected chi connectivity index (χ3v) is 5.74. The molecule has 0 spiro atoms. The van der Waals surface area contributed by atoms with Crippen molar-refractivity contribution in [1.29, 1.82) is 0 Å². The standard InChI is InChI=1S/C19H22N2O4S/c1-3-24-16-10-11-17(25-4-2)18(14-16)26(22,23)21-13-12-20-19(21)15-8-6-5-7-9-15/h5-11,14H,3-4,12-13H2,1-2H3. The van der Waals surface area contributed by atoms with Gasteiger partial charge in [-0.1, -0.05) is 30.3 Å². The van der Waals surface area contributed by atoms with Gasteiger partial charge in [-0.15, -0.1) is 0 Å². The second kappa shape index (κ2) is 7.78. The van der Waals surface area contributed by atoms with E-state index in [9.17, 15) is 8.42 Å². The maximum atomic E-state index is 13.4. The lowest BCUT2D eigenvalue weighted by Gasteiger charge is -2.22. The largest absolute Gasteiger partial charge is 0.494 e. The smallest absolute Gasteiger partial charge is 0.269 e. The minimum Gasteiger partial charge on any atom is -0.494 e. The summed E-state index contributed by atoms with van der Waals surface area (Å²) in [5.74, 6) is 1.26. The maximum absolute atomic E-state index is 13.4. The Morgan fingerprint density at radius 3 is 2.46 bits per heavy atom. The van der Waals surface area contributed by atoms with E-state index in [2.05, 4.69) is 4.99 Å². The van der Waals surface area contributed by atoms with Gasteiger partial charge < -0.3 is 9.47 Å². The van der Waals surface area contributed by atoms with Crippen LogP contribution in [-0.2, 0) is 10.0 Å². The monoisotopic (exact) mass is 374 g/mol. The van der Waals surface area contributed by atoms with E-state index in [0.29, 0.717) is 43.6 Å². The van der Waals surface area contributed by atoms with Crippen molar-refractivity contribution in [2.24, 2.45) is 4.99 Å². The van der Waals surface area contributed by atoms with Gasteiger partial charge >= 0.3 is 0 Å². The van der Waals surface area contributed by atoms with Crippen LogP contribution in [0.5, 0.6) is 11.5 Å². The Morgan fingerprint density at radius 2 is 1.77 bits per heavy atom. The molecule has 0 N–H and O–H groups in total. The minimum absolute atomic E-state index is 0.0934. The van der Waals surface area contributed by atoms with Gasteiger partial charge in [0.2, 0.25) is 0 Å². The molecule has 2 aromatic carbocycles. The van der Waals surface area contributed by atoms with Gasteiger partial charge in [0.25, 0.3) is 10.0 Å². The van der Waals surface area contributed by atoms with Crippen LogP contribution in [0.25, 0.3) is 0 Å². The second-order valence-electron chi connectivity index (χ2n) is 5.62. The van der Waals surface area contributed by atoms with Gasteiger partial charge in [-0.2, -0.15) is 0 Å². The molecule has 1 aliphatic heterocycles. The summed E-state index contributed by atoms with van der Waals surface area (Å²) < 4.78 is 39.1. The topological polar surface area (TPSA) is 68.2 Å². The third kappa shape index (κ3) is 3.53. The molecule has 0 amide bonds. The van der Waals surface area contributed by atoms with Crippen molar-refractivity contribution < 1.29 is 17.9 Å². The highest BCUT2D eigenvalue weighted by molar-refractivity contribution is 7.89. The van der Waals surface area contributed by atoms with Crippen molar-refractivity contribution in [3.8, 4) is 11.5 Å². The zero-order valence-corrected chi connectivity index (χ0v) is 15.7. The number of nitrogens with zero attached hydrogens (tertiary/aromatic N) is 2. The highest BCUT2D eigenvalue weighted by Crippen LogP contribution is 2.32. The molecule has 0 saturated heterocycles. The van der Waals surface area contributed by atoms with E-state index in [-0.39, 0.29) is 4.90 Å². The van der Waals surface area contributed by atoms with E-state index >= 15 is 0 Å². The average molecular weight is 374 g/mol. The summed E-state index contributed by atoms with van der Waals surface area (Å²) in [6.45, 7) is 5.23. The molecule has 138 valence electrons. The number of aliphatic imine (C=N–C) groups is 1. The van der Waals surface area contributed by atoms with Gasteiger partial charge in [0.15, 0.2) is 0 Å². The van der Waals surface area contributed by atoms with Crippen molar-refractivity contribution >= 4 is 15.9 Å². The number of benzene rings is 2. The number of hydrogen-bond donors (Lipinski definition) is 0. The highest BCUT2D eigenvalue weighted by Gasteiger charge is 2.34. The van der Waals surface area contributed by atoms with Gasteiger partial charge in [0.05, 0.1) is 26.3 Å². The molecule has 2 aromatic rings. The van der Waals surface area contributed by atoms with Crippen molar-refractivity contribution in [2.75, 3.05) is 26.3 Å². The van der Waals surface area contributed by atoms with Crippen LogP contribution in [0, 0.1) is 0 Å². The summed E-state index contributed by atoms with van der Waals surface area (Å²) in [5, 5.41) is 0. The van der Waals surface area contributed by atoms with Gasteiger partial charge in [-0.25, -0.2) is 12.7 Å². The molecular weight excluding hydrogens is 352 g/mol. The molecule has 0 radical (unpaired) electrons. The fourth-order valence-electron chi connectivity index (χ4n) is 2.83. The average Bonchev–Trinajstić information content (AvgIpc) is 3.15. The van der Waals surface area contributed by atoms with E-state index in [1.807, 2.05) is 44.2 Å². The fraction of sp³-hybridized carbons (Fsp3) is 0.316. The van der Waals surface area contributed by atoms with Gasteiger partial charge in [-0.05, 0) is 26.0 Å². The summed E-state index contributed by atoms with van der Waals surface area (Å²) in [5.41, 5.74) is 0.771. The minimum atomic E-state index is -3.83. The summed E-state index contributed by atoms with van der Waals surface area (Å²) >= 11 is 0. The van der Waals surface area contributed by atoms with E-state index in [1.165, 1.54) is 10.4 Å². The van der Waals surface area contributed by atoms with Crippen LogP contribution in [0.2, 0.25) is 0 Å². The molecule has 1 heterocycles. The normalized spacial score (nSPS) is 14.2. The molecule has 7 heteroatoms. The zero-order chi connectivity index (χ0) is 18.6. The predicted octanol–water partition coefficient (Wildman–Crippen LogP) is 2.94. The van der Waals surface area contributed by atoms with E-state index in [1.54, 1.807) is 12.1 Å². The first-order valence-corrected chi connectivity index (χ1v) is 10.0. The first-order chi connectivity index (χ1) is 12.6. The Bertz CT molecular complexity index is 895. The van der Waals surface area contributed by atoms with E-state index in [4.69, 9.17) is 9.47 Å². The molecule has 0 saturated carbocycles. The summed E-state index contributed by atoms with van der Waals surface area (Å²) in [6.07, 6.45) is 0. The summed E-state index contributed by atoms with van der Waals surface area (Å²) in [6, 6.07) is 14.2. The molecule has 0 bridgehead atoms. The van der Waals surface area contributed by atoms with Crippen LogP contribution in [0.1, 0.15) is 19.4 Å². The van der Waals surface area contributed by atoms with Crippen LogP contribution < -0.4 is 9.47 Å². The number of sulfonamides is 1. The number of amidine groups is 1. The lowest BCUT2D eigenvalue weighted by Crippen LogP contribution is -2.35. The van der Waals surface area contributed by atoms with E-state index in [0.717, 1.165) is 5.56 Å². The molecule has 0 aromatic heterocycles. The van der Waals surface area contributed by atoms with Gasteiger partial charge in [0.1, 0.15) is 22.2 Å². The van der Waals surface area contributed by atoms with Crippen LogP contribution >= 0.6 is 0 Å². The van der Waals surface area contributed by atoms with Crippen LogP contribution in [0.15, 0.2) is 58.4 Å². The molecule has 26 heavy (non-hydrogen) atoms. The van der Waals surface area contributed by atoms with Crippen molar-refractivity contribution in [2.45, 2.75) is 18.7 Å². The fourth-order valence-corrected chi connectivity index (χ4v) is 4.42. The molecular formula is C19H22N2O4S. The third-order valence-electron chi connectivity index (χ3n) is 3.93. The maximum Gasteiger partial charge on any atom is 0.269 e. The first-order valence-electron chi connectivity index (χ1n) is 8.60. The van der Waals surface area contributed by atoms with Crippen molar-refractivity contribution in [3.05, 3.63) is 54.1 Å². The molecule has 1 aliphatic rings. The molecule has 3 rings (SSSR count). The Hall–Kier alpha value is -2.54. The van der Waals surface area contributed by atoms with Gasteiger partial charge in [-0.3, -0.25) is 4.99 Å². The SMILES string of the molecule is CCOc1ccc(OCC)c(S(=O)(=O)N2CCN=C2c2ccccc2)c1. The van der Waals surface area contributed by atoms with Crippen LogP contribution in [0.3, 0.4) is 0 Å². The first kappa shape index (κ1) is 18.3. The zero-order valence-electron chi connectivity index (χ0n) is 14.9. The summed E-state index contributed by atoms with van der Waals surface area (Å²) in [4.78, 5) is 4.50. The Morgan fingerprint density at radius 1 is 1.04 bits per heavy atom. The van der Waals surface area contributed by atoms with Gasteiger partial charge in [0, 0.05) is 11.6 Å². The molecule has 0 unspecified atom stereocenters. The highest BCUT2D eigenvalue weighted by atomic mass is 32.2. The number of hydrogen-bond acceptors (Lipinski definition) is 5. The molecule has 0 atom stereocenters. The van der Waals surface area contributed by atoms with Crippen molar-refractivity contribution in [3.63, 3.8) is 0 Å². The van der Waals surface area contributed by atoms with E-state index < -0.39 is 10.0 Å². The van der Waals surface area contributed by atoms with Crippen LogP contribution in [0.4, 0.5) is 0 Å². The molecule has 0 fully saturated rings. The lowest BCUT2D eigenvalue weighted by atomic mass is 10.2.